The first-order chi connectivity index (χ1) is 7.85. The Hall–Kier alpha value is -1.46. The van der Waals surface area contributed by atoms with E-state index in [1.165, 1.54) is 5.56 Å². The molecule has 0 heterocycles. The first-order valence-corrected chi connectivity index (χ1v) is 5.65. The van der Waals surface area contributed by atoms with Gasteiger partial charge in [0.1, 0.15) is 5.75 Å². The van der Waals surface area contributed by atoms with Gasteiger partial charge in [-0.1, -0.05) is 24.1 Å². The summed E-state index contributed by atoms with van der Waals surface area (Å²) in [6.07, 6.45) is 7.52. The molecule has 2 rings (SSSR count). The average molecular weight is 215 g/mol. The lowest BCUT2D eigenvalue weighted by Crippen LogP contribution is -2.40. The minimum atomic E-state index is 0.575. The highest BCUT2D eigenvalue weighted by Crippen LogP contribution is 2.40. The van der Waals surface area contributed by atoms with Crippen molar-refractivity contribution in [2.75, 3.05) is 13.7 Å². The van der Waals surface area contributed by atoms with Crippen LogP contribution in [0.1, 0.15) is 24.3 Å². The van der Waals surface area contributed by atoms with Crippen LogP contribution >= 0.6 is 0 Å². The quantitative estimate of drug-likeness (QED) is 0.777. The third kappa shape index (κ3) is 2.20. The molecule has 0 spiro atoms. The second-order valence-electron chi connectivity index (χ2n) is 4.19. The first kappa shape index (κ1) is 11.0. The van der Waals surface area contributed by atoms with Gasteiger partial charge in [-0.05, 0) is 30.4 Å². The number of methoxy groups -OCH3 is 1. The smallest absolute Gasteiger partial charge is 0.122 e. The lowest BCUT2D eigenvalue weighted by atomic mass is 9.75. The van der Waals surface area contributed by atoms with Crippen LogP contribution in [0, 0.1) is 12.3 Å². The fraction of sp³-hybridized carbons (Fsp3) is 0.429. The minimum absolute atomic E-state index is 0.575. The Balaban J connectivity index is 1.94. The highest BCUT2D eigenvalue weighted by atomic mass is 16.5. The van der Waals surface area contributed by atoms with Crippen LogP contribution in [-0.4, -0.2) is 19.7 Å². The number of terminal acetylenes is 1. The van der Waals surface area contributed by atoms with Gasteiger partial charge in [0, 0.05) is 6.04 Å². The highest BCUT2D eigenvalue weighted by Gasteiger charge is 2.31. The fourth-order valence-electron chi connectivity index (χ4n) is 2.25. The van der Waals surface area contributed by atoms with E-state index in [9.17, 15) is 0 Å². The van der Waals surface area contributed by atoms with Crippen molar-refractivity contribution in [3.05, 3.63) is 29.8 Å². The molecule has 0 aromatic heterocycles. The van der Waals surface area contributed by atoms with Crippen molar-refractivity contribution in [2.24, 2.45) is 0 Å². The Bertz CT molecular complexity index is 388. The molecule has 0 bridgehead atoms. The zero-order valence-corrected chi connectivity index (χ0v) is 9.57. The topological polar surface area (TPSA) is 21.3 Å². The average Bonchev–Trinajstić information content (AvgIpc) is 2.28. The van der Waals surface area contributed by atoms with E-state index in [1.54, 1.807) is 7.11 Å². The second-order valence-corrected chi connectivity index (χ2v) is 4.19. The van der Waals surface area contributed by atoms with Crippen LogP contribution in [0.4, 0.5) is 0 Å². The third-order valence-electron chi connectivity index (χ3n) is 3.21. The molecule has 0 radical (unpaired) electrons. The molecule has 1 aliphatic rings. The molecular weight excluding hydrogens is 198 g/mol. The van der Waals surface area contributed by atoms with Gasteiger partial charge < -0.3 is 10.1 Å². The predicted octanol–water partition coefficient (Wildman–Crippen LogP) is 2.16. The van der Waals surface area contributed by atoms with Crippen molar-refractivity contribution in [1.29, 1.82) is 0 Å². The second kappa shape index (κ2) is 5.05. The van der Waals surface area contributed by atoms with Crippen LogP contribution in [0.2, 0.25) is 0 Å². The van der Waals surface area contributed by atoms with Crippen molar-refractivity contribution in [1.82, 2.24) is 5.32 Å². The van der Waals surface area contributed by atoms with Crippen molar-refractivity contribution in [3.63, 3.8) is 0 Å². The summed E-state index contributed by atoms with van der Waals surface area (Å²) in [5.74, 6) is 4.23. The molecule has 2 heteroatoms. The summed E-state index contributed by atoms with van der Waals surface area (Å²) in [6, 6.07) is 8.83. The number of benzene rings is 1. The number of hydrogen-bond donors (Lipinski definition) is 1. The molecule has 1 saturated carbocycles. The monoisotopic (exact) mass is 215 g/mol. The number of nitrogens with one attached hydrogen (secondary N) is 1. The van der Waals surface area contributed by atoms with E-state index in [2.05, 4.69) is 23.4 Å². The van der Waals surface area contributed by atoms with Crippen LogP contribution in [0.25, 0.3) is 0 Å². The summed E-state index contributed by atoms with van der Waals surface area (Å²) < 4.78 is 5.37. The maximum absolute atomic E-state index is 5.37. The molecule has 0 atom stereocenters. The van der Waals surface area contributed by atoms with Gasteiger partial charge in [0.25, 0.3) is 0 Å². The van der Waals surface area contributed by atoms with Crippen LogP contribution in [-0.2, 0) is 0 Å². The Morgan fingerprint density at radius 3 is 2.88 bits per heavy atom. The fourth-order valence-corrected chi connectivity index (χ4v) is 2.25. The molecule has 1 aliphatic carbocycles. The zero-order chi connectivity index (χ0) is 11.4. The van der Waals surface area contributed by atoms with E-state index in [0.29, 0.717) is 18.5 Å². The predicted molar refractivity (Wildman–Crippen MR) is 65.6 cm³/mol. The van der Waals surface area contributed by atoms with E-state index in [-0.39, 0.29) is 0 Å². The molecule has 1 aromatic carbocycles. The van der Waals surface area contributed by atoms with E-state index < -0.39 is 0 Å². The molecule has 1 fully saturated rings. The van der Waals surface area contributed by atoms with Crippen molar-refractivity contribution in [2.45, 2.75) is 24.8 Å². The van der Waals surface area contributed by atoms with Crippen LogP contribution < -0.4 is 10.1 Å². The summed E-state index contributed by atoms with van der Waals surface area (Å²) in [6.45, 7) is 0.670. The largest absolute Gasteiger partial charge is 0.496 e. The highest BCUT2D eigenvalue weighted by molar-refractivity contribution is 5.37. The summed E-state index contributed by atoms with van der Waals surface area (Å²) in [5, 5.41) is 3.33. The van der Waals surface area contributed by atoms with E-state index in [4.69, 9.17) is 11.2 Å². The Morgan fingerprint density at radius 1 is 1.44 bits per heavy atom. The van der Waals surface area contributed by atoms with Gasteiger partial charge in [-0.2, -0.15) is 0 Å². The van der Waals surface area contributed by atoms with Gasteiger partial charge in [0.15, 0.2) is 0 Å². The molecule has 0 unspecified atom stereocenters. The lowest BCUT2D eigenvalue weighted by molar-refractivity contribution is 0.292. The molecule has 1 N–H and O–H groups in total. The molecule has 0 saturated heterocycles. The molecular formula is C14H17NO. The summed E-state index contributed by atoms with van der Waals surface area (Å²) >= 11 is 0. The Morgan fingerprint density at radius 2 is 2.19 bits per heavy atom. The molecule has 1 aromatic rings. The van der Waals surface area contributed by atoms with Crippen LogP contribution in [0.3, 0.4) is 0 Å². The number of ether oxygens (including phenoxy) is 1. The van der Waals surface area contributed by atoms with Crippen LogP contribution in [0.15, 0.2) is 24.3 Å². The molecule has 16 heavy (non-hydrogen) atoms. The minimum Gasteiger partial charge on any atom is -0.496 e. The number of hydrogen-bond acceptors (Lipinski definition) is 2. The third-order valence-corrected chi connectivity index (χ3v) is 3.21. The molecule has 2 nitrogen and oxygen atoms in total. The van der Waals surface area contributed by atoms with Gasteiger partial charge in [0.2, 0.25) is 0 Å². The lowest BCUT2D eigenvalue weighted by Gasteiger charge is -2.36. The standard InChI is InChI=1S/C14H17NO/c1-3-8-15-12-9-11(10-12)13-6-4-5-7-14(13)16-2/h1,4-7,11-12,15H,8-10H2,2H3. The van der Waals surface area contributed by atoms with E-state index in [1.807, 2.05) is 12.1 Å². The number of rotatable bonds is 4. The van der Waals surface area contributed by atoms with Gasteiger partial charge in [-0.3, -0.25) is 0 Å². The SMILES string of the molecule is C#CCNC1CC(c2ccccc2OC)C1. The first-order valence-electron chi connectivity index (χ1n) is 5.65. The van der Waals surface area contributed by atoms with E-state index >= 15 is 0 Å². The van der Waals surface area contributed by atoms with Crippen LogP contribution in [0.5, 0.6) is 5.75 Å². The zero-order valence-electron chi connectivity index (χ0n) is 9.57. The van der Waals surface area contributed by atoms with Crippen molar-refractivity contribution >= 4 is 0 Å². The van der Waals surface area contributed by atoms with Gasteiger partial charge >= 0.3 is 0 Å². The summed E-state index contributed by atoms with van der Waals surface area (Å²) in [4.78, 5) is 0. The Kier molecular flexibility index (Phi) is 3.48. The molecule has 0 amide bonds. The molecule has 0 aliphatic heterocycles. The van der Waals surface area contributed by atoms with Gasteiger partial charge in [-0.25, -0.2) is 0 Å². The van der Waals surface area contributed by atoms with Crippen molar-refractivity contribution in [3.8, 4) is 18.1 Å². The normalized spacial score (nSPS) is 23.2. The maximum Gasteiger partial charge on any atom is 0.122 e. The van der Waals surface area contributed by atoms with Gasteiger partial charge in [-0.15, -0.1) is 6.42 Å². The van der Waals surface area contributed by atoms with Crippen molar-refractivity contribution < 1.29 is 4.74 Å². The van der Waals surface area contributed by atoms with Gasteiger partial charge in [0.05, 0.1) is 13.7 Å². The van der Waals surface area contributed by atoms with E-state index in [0.717, 1.165) is 18.6 Å². The summed E-state index contributed by atoms with van der Waals surface area (Å²) in [7, 11) is 1.73. The maximum atomic E-state index is 5.37. The number of para-hydroxylation sites is 1. The molecule has 84 valence electrons. The Labute approximate surface area is 97.0 Å². The summed E-state index contributed by atoms with van der Waals surface area (Å²) in [5.41, 5.74) is 1.32.